The minimum absolute atomic E-state index is 0.526. The average molecular weight is 360 g/mol. The van der Waals surface area contributed by atoms with Crippen molar-refractivity contribution in [3.05, 3.63) is 70.8 Å². The van der Waals surface area contributed by atoms with Crippen molar-refractivity contribution in [1.82, 2.24) is 4.90 Å². The summed E-state index contributed by atoms with van der Waals surface area (Å²) in [5, 5.41) is 0. The van der Waals surface area contributed by atoms with Crippen LogP contribution in [0.5, 0.6) is 0 Å². The van der Waals surface area contributed by atoms with Crippen molar-refractivity contribution in [3.63, 3.8) is 0 Å². The quantitative estimate of drug-likeness (QED) is 0.559. The fraction of sp³-hybridized carbons (Fsp3) is 0.462. The van der Waals surface area contributed by atoms with Crippen molar-refractivity contribution >= 4 is 0 Å². The molecule has 27 heavy (non-hydrogen) atoms. The predicted molar refractivity (Wildman–Crippen MR) is 116 cm³/mol. The number of aryl methyl sites for hydroxylation is 2. The molecule has 0 aliphatic heterocycles. The Kier molecular flexibility index (Phi) is 4.76. The molecule has 0 spiro atoms. The molecule has 0 heterocycles. The molecule has 0 aromatic heterocycles. The van der Waals surface area contributed by atoms with Gasteiger partial charge in [-0.25, -0.2) is 0 Å². The first-order valence-corrected chi connectivity index (χ1v) is 10.4. The summed E-state index contributed by atoms with van der Waals surface area (Å²) in [6.45, 7) is 11.5. The molecule has 0 amide bonds. The number of nitrogens with zero attached hydrogens (tertiary/aromatic N) is 1. The summed E-state index contributed by atoms with van der Waals surface area (Å²) < 4.78 is 0. The number of fused-ring (bicyclic) bond motifs is 1. The second-order valence-electron chi connectivity index (χ2n) is 9.46. The molecule has 2 aromatic rings. The fourth-order valence-electron chi connectivity index (χ4n) is 5.38. The van der Waals surface area contributed by atoms with Crippen LogP contribution in [0.15, 0.2) is 54.1 Å². The molecular formula is C26H33N. The zero-order valence-electron chi connectivity index (χ0n) is 17.5. The first-order valence-electron chi connectivity index (χ1n) is 10.4. The smallest absolute Gasteiger partial charge is 0.0234 e. The fourth-order valence-corrected chi connectivity index (χ4v) is 5.38. The highest BCUT2D eigenvalue weighted by atomic mass is 15.1. The lowest BCUT2D eigenvalue weighted by atomic mass is 9.49. The Morgan fingerprint density at radius 1 is 0.963 bits per heavy atom. The monoisotopic (exact) mass is 359 g/mol. The van der Waals surface area contributed by atoms with Gasteiger partial charge in [0.15, 0.2) is 0 Å². The summed E-state index contributed by atoms with van der Waals surface area (Å²) in [5.74, 6) is 1.74. The average Bonchev–Trinajstić information content (AvgIpc) is 2.63. The van der Waals surface area contributed by atoms with Crippen molar-refractivity contribution in [2.24, 2.45) is 17.3 Å². The van der Waals surface area contributed by atoms with Gasteiger partial charge in [0.2, 0.25) is 0 Å². The Balaban J connectivity index is 1.42. The maximum absolute atomic E-state index is 2.53. The minimum Gasteiger partial charge on any atom is -0.298 e. The van der Waals surface area contributed by atoms with Crippen LogP contribution in [0.2, 0.25) is 0 Å². The highest BCUT2D eigenvalue weighted by Gasteiger charge is 2.50. The van der Waals surface area contributed by atoms with Crippen LogP contribution in [0.4, 0.5) is 0 Å². The van der Waals surface area contributed by atoms with E-state index >= 15 is 0 Å². The van der Waals surface area contributed by atoms with Crippen LogP contribution in [0.3, 0.4) is 0 Å². The highest BCUT2D eigenvalue weighted by molar-refractivity contribution is 5.70. The normalized spacial score (nSPS) is 23.1. The number of hydrogen-bond acceptors (Lipinski definition) is 1. The van der Waals surface area contributed by atoms with Crippen molar-refractivity contribution in [2.75, 3.05) is 13.6 Å². The zero-order chi connectivity index (χ0) is 19.2. The summed E-state index contributed by atoms with van der Waals surface area (Å²) in [5.41, 5.74) is 9.02. The van der Waals surface area contributed by atoms with Gasteiger partial charge in [-0.3, -0.25) is 4.90 Å². The van der Waals surface area contributed by atoms with Gasteiger partial charge in [0, 0.05) is 13.1 Å². The van der Waals surface area contributed by atoms with E-state index in [1.54, 1.807) is 5.57 Å². The molecule has 3 aliphatic carbocycles. The molecule has 0 N–H and O–H groups in total. The van der Waals surface area contributed by atoms with Gasteiger partial charge < -0.3 is 0 Å². The van der Waals surface area contributed by atoms with Crippen LogP contribution in [0, 0.1) is 31.1 Å². The van der Waals surface area contributed by atoms with Crippen molar-refractivity contribution < 1.29 is 0 Å². The first kappa shape index (κ1) is 18.5. The molecule has 2 bridgehead atoms. The first-order chi connectivity index (χ1) is 12.9. The van der Waals surface area contributed by atoms with Crippen LogP contribution in [0.25, 0.3) is 11.1 Å². The molecule has 0 unspecified atom stereocenters. The van der Waals surface area contributed by atoms with Gasteiger partial charge >= 0.3 is 0 Å². The Morgan fingerprint density at radius 2 is 1.63 bits per heavy atom. The molecule has 5 rings (SSSR count). The third-order valence-corrected chi connectivity index (χ3v) is 7.21. The van der Waals surface area contributed by atoms with Gasteiger partial charge in [0.1, 0.15) is 0 Å². The molecule has 0 saturated heterocycles. The molecule has 1 saturated carbocycles. The van der Waals surface area contributed by atoms with Gasteiger partial charge in [0.05, 0.1) is 0 Å². The second-order valence-corrected chi connectivity index (χ2v) is 9.46. The Labute approximate surface area is 165 Å². The Hall–Kier alpha value is -1.86. The summed E-state index contributed by atoms with van der Waals surface area (Å²) in [7, 11) is 2.26. The van der Waals surface area contributed by atoms with E-state index in [9.17, 15) is 0 Å². The lowest BCUT2D eigenvalue weighted by Crippen LogP contribution is -2.49. The summed E-state index contributed by atoms with van der Waals surface area (Å²) in [6, 6.07) is 15.7. The van der Waals surface area contributed by atoms with Crippen molar-refractivity contribution in [1.29, 1.82) is 0 Å². The number of rotatable bonds is 5. The maximum atomic E-state index is 2.53. The molecule has 1 fully saturated rings. The minimum atomic E-state index is 0.526. The van der Waals surface area contributed by atoms with E-state index < -0.39 is 0 Å². The van der Waals surface area contributed by atoms with E-state index in [1.807, 2.05) is 0 Å². The molecule has 0 radical (unpaired) electrons. The van der Waals surface area contributed by atoms with Crippen LogP contribution in [-0.4, -0.2) is 18.5 Å². The molecule has 142 valence electrons. The predicted octanol–water partition coefficient (Wildman–Crippen LogP) is 6.39. The molecular weight excluding hydrogens is 326 g/mol. The van der Waals surface area contributed by atoms with Gasteiger partial charge in [0.25, 0.3) is 0 Å². The lowest BCUT2D eigenvalue weighted by Gasteiger charge is -2.57. The van der Waals surface area contributed by atoms with Crippen molar-refractivity contribution in [2.45, 2.75) is 47.1 Å². The number of benzene rings is 2. The van der Waals surface area contributed by atoms with Crippen LogP contribution < -0.4 is 0 Å². The maximum Gasteiger partial charge on any atom is 0.0234 e. The van der Waals surface area contributed by atoms with E-state index in [1.165, 1.54) is 40.7 Å². The van der Waals surface area contributed by atoms with E-state index in [-0.39, 0.29) is 0 Å². The molecule has 2 aromatic carbocycles. The second kappa shape index (κ2) is 6.95. The summed E-state index contributed by atoms with van der Waals surface area (Å²) in [6.07, 6.45) is 5.24. The van der Waals surface area contributed by atoms with E-state index in [4.69, 9.17) is 0 Å². The number of likely N-dealkylation sites (N-methyl/N-ethyl adjacent to an activating group) is 1. The third kappa shape index (κ3) is 3.38. The topological polar surface area (TPSA) is 3.24 Å². The number of allylic oxidation sites excluding steroid dienone is 1. The Morgan fingerprint density at radius 3 is 2.22 bits per heavy atom. The van der Waals surface area contributed by atoms with E-state index in [0.29, 0.717) is 5.41 Å². The summed E-state index contributed by atoms with van der Waals surface area (Å²) in [4.78, 5) is 2.48. The molecule has 2 atom stereocenters. The lowest BCUT2D eigenvalue weighted by molar-refractivity contribution is -0.0101. The Bertz CT molecular complexity index is 836. The van der Waals surface area contributed by atoms with Crippen LogP contribution >= 0.6 is 0 Å². The van der Waals surface area contributed by atoms with Crippen LogP contribution in [0.1, 0.15) is 43.4 Å². The van der Waals surface area contributed by atoms with Gasteiger partial charge in [-0.1, -0.05) is 68.0 Å². The van der Waals surface area contributed by atoms with Gasteiger partial charge in [-0.15, -0.1) is 0 Å². The van der Waals surface area contributed by atoms with E-state index in [2.05, 4.69) is 88.2 Å². The summed E-state index contributed by atoms with van der Waals surface area (Å²) >= 11 is 0. The SMILES string of the molecule is Cc1cccc(C)c1-c1ccc(CN(C)CC2=CC[C@H]3C[C@@H]2C3(C)C)cc1. The van der Waals surface area contributed by atoms with Gasteiger partial charge in [-0.2, -0.15) is 0 Å². The molecule has 3 aliphatic rings. The van der Waals surface area contributed by atoms with Gasteiger partial charge in [-0.05, 0) is 78.8 Å². The van der Waals surface area contributed by atoms with Crippen molar-refractivity contribution in [3.8, 4) is 11.1 Å². The largest absolute Gasteiger partial charge is 0.298 e. The van der Waals surface area contributed by atoms with E-state index in [0.717, 1.165) is 24.9 Å². The standard InChI is InChI=1S/C26H33N/c1-18-7-6-8-19(2)25(18)21-11-9-20(10-12-21)16-27(5)17-22-13-14-23-15-24(22)26(23,3)4/h6-13,23-24H,14-17H2,1-5H3/t23-,24-/m0/s1. The molecule has 1 nitrogen and oxygen atoms in total. The highest BCUT2D eigenvalue weighted by Crippen LogP contribution is 2.59. The molecule has 1 heteroatoms. The number of hydrogen-bond donors (Lipinski definition) is 0. The van der Waals surface area contributed by atoms with Crippen LogP contribution in [-0.2, 0) is 6.54 Å². The third-order valence-electron chi connectivity index (χ3n) is 7.21. The zero-order valence-corrected chi connectivity index (χ0v) is 17.5.